The molecule has 7 nitrogen and oxygen atoms in total. The lowest BCUT2D eigenvalue weighted by Gasteiger charge is -2.30. The van der Waals surface area contributed by atoms with Gasteiger partial charge >= 0.3 is 0 Å². The third-order valence-corrected chi connectivity index (χ3v) is 9.69. The van der Waals surface area contributed by atoms with Gasteiger partial charge in [-0.05, 0) is 86.4 Å². The number of imidazole rings is 1. The van der Waals surface area contributed by atoms with Crippen LogP contribution in [-0.4, -0.2) is 41.7 Å². The van der Waals surface area contributed by atoms with Crippen LogP contribution >= 0.6 is 0 Å². The fraction of sp³-hybridized carbons (Fsp3) is 0.462. The Hall–Kier alpha value is -2.71. The van der Waals surface area contributed by atoms with Crippen LogP contribution < -0.4 is 5.32 Å². The van der Waals surface area contributed by atoms with Crippen molar-refractivity contribution in [3.8, 4) is 0 Å². The molecule has 3 aromatic rings. The van der Waals surface area contributed by atoms with Crippen molar-refractivity contribution in [2.75, 3.05) is 18.4 Å². The zero-order valence-corrected chi connectivity index (χ0v) is 20.0. The smallest absolute Gasteiger partial charge is 0.243 e. The van der Waals surface area contributed by atoms with Gasteiger partial charge in [-0.1, -0.05) is 12.5 Å². The molecule has 0 unspecified atom stereocenters. The van der Waals surface area contributed by atoms with Crippen molar-refractivity contribution in [2.24, 2.45) is 5.92 Å². The second-order valence-corrected chi connectivity index (χ2v) is 11.9. The number of fused-ring (bicyclic) bond motifs is 2. The molecule has 2 heterocycles. The van der Waals surface area contributed by atoms with Crippen LogP contribution in [0.4, 0.5) is 5.69 Å². The molecule has 0 bridgehead atoms. The number of nitrogens with one attached hydrogen (secondary N) is 2. The molecule has 8 heteroatoms. The lowest BCUT2D eigenvalue weighted by Crippen LogP contribution is -2.41. The average molecular weight is 479 g/mol. The first kappa shape index (κ1) is 21.8. The molecule has 0 radical (unpaired) electrons. The standard InChI is InChI=1S/C26H30N4O3S/c31-26(27-21-8-10-23-24(16-21)29-25(28-23)18-4-2-5-18)19-11-13-30(14-12-19)34(32,33)22-9-7-17-3-1-6-20(17)15-22/h7-10,15-16,18-19H,1-6,11-14H2,(H,27,31)(H,28,29). The zero-order chi connectivity index (χ0) is 23.3. The first-order valence-corrected chi connectivity index (χ1v) is 13.8. The number of sulfonamides is 1. The molecule has 2 aromatic carbocycles. The number of H-pyrrole nitrogens is 1. The van der Waals surface area contributed by atoms with E-state index in [4.69, 9.17) is 0 Å². The highest BCUT2D eigenvalue weighted by molar-refractivity contribution is 7.89. The van der Waals surface area contributed by atoms with E-state index in [1.54, 1.807) is 6.07 Å². The summed E-state index contributed by atoms with van der Waals surface area (Å²) in [4.78, 5) is 21.4. The van der Waals surface area contributed by atoms with Gasteiger partial charge in [0.05, 0.1) is 15.9 Å². The number of carbonyl (C=O) groups is 1. The monoisotopic (exact) mass is 478 g/mol. The van der Waals surface area contributed by atoms with E-state index in [1.807, 2.05) is 30.3 Å². The summed E-state index contributed by atoms with van der Waals surface area (Å²) in [6.07, 6.45) is 7.75. The quantitative estimate of drug-likeness (QED) is 0.570. The molecule has 2 N–H and O–H groups in total. The predicted molar refractivity (Wildman–Crippen MR) is 131 cm³/mol. The van der Waals surface area contributed by atoms with Crippen LogP contribution in [0.2, 0.25) is 0 Å². The minimum atomic E-state index is -3.53. The molecular formula is C26H30N4O3S. The molecule has 34 heavy (non-hydrogen) atoms. The Morgan fingerprint density at radius 3 is 2.53 bits per heavy atom. The number of amides is 1. The van der Waals surface area contributed by atoms with E-state index in [0.717, 1.165) is 47.4 Å². The van der Waals surface area contributed by atoms with Crippen molar-refractivity contribution in [3.05, 3.63) is 53.3 Å². The van der Waals surface area contributed by atoms with Crippen molar-refractivity contribution in [3.63, 3.8) is 0 Å². The van der Waals surface area contributed by atoms with E-state index >= 15 is 0 Å². The number of carbonyl (C=O) groups excluding carboxylic acids is 1. The van der Waals surface area contributed by atoms with Crippen molar-refractivity contribution >= 4 is 32.7 Å². The van der Waals surface area contributed by atoms with Gasteiger partial charge in [-0.25, -0.2) is 13.4 Å². The lowest BCUT2D eigenvalue weighted by molar-refractivity contribution is -0.120. The molecule has 2 fully saturated rings. The maximum atomic E-state index is 13.2. The van der Waals surface area contributed by atoms with Crippen LogP contribution in [-0.2, 0) is 27.7 Å². The van der Waals surface area contributed by atoms with Gasteiger partial charge in [-0.3, -0.25) is 4.79 Å². The van der Waals surface area contributed by atoms with E-state index in [9.17, 15) is 13.2 Å². The van der Waals surface area contributed by atoms with E-state index in [0.29, 0.717) is 36.7 Å². The van der Waals surface area contributed by atoms with Crippen LogP contribution in [0.5, 0.6) is 0 Å². The fourth-order valence-corrected chi connectivity index (χ4v) is 6.96. The maximum absolute atomic E-state index is 13.2. The summed E-state index contributed by atoms with van der Waals surface area (Å²) in [5.41, 5.74) is 5.03. The van der Waals surface area contributed by atoms with E-state index in [1.165, 1.54) is 29.1 Å². The number of rotatable bonds is 5. The minimum Gasteiger partial charge on any atom is -0.342 e. The van der Waals surface area contributed by atoms with Crippen LogP contribution in [0.1, 0.15) is 61.4 Å². The summed E-state index contributed by atoms with van der Waals surface area (Å²) in [7, 11) is -3.53. The third kappa shape index (κ3) is 3.92. The topological polar surface area (TPSA) is 95.2 Å². The second-order valence-electron chi connectivity index (χ2n) is 9.93. The van der Waals surface area contributed by atoms with Gasteiger partial charge < -0.3 is 10.3 Å². The number of aryl methyl sites for hydroxylation is 2. The normalized spacial score (nSPS) is 19.8. The molecule has 1 aromatic heterocycles. The van der Waals surface area contributed by atoms with Gasteiger partial charge in [0, 0.05) is 30.6 Å². The van der Waals surface area contributed by atoms with Gasteiger partial charge in [0.15, 0.2) is 0 Å². The van der Waals surface area contributed by atoms with Crippen molar-refractivity contribution in [2.45, 2.75) is 62.2 Å². The van der Waals surface area contributed by atoms with Gasteiger partial charge in [-0.2, -0.15) is 4.31 Å². The fourth-order valence-electron chi connectivity index (χ4n) is 5.44. The Morgan fingerprint density at radius 2 is 1.76 bits per heavy atom. The lowest BCUT2D eigenvalue weighted by atomic mass is 9.85. The predicted octanol–water partition coefficient (Wildman–Crippen LogP) is 4.36. The summed E-state index contributed by atoms with van der Waals surface area (Å²) >= 11 is 0. The highest BCUT2D eigenvalue weighted by Gasteiger charge is 2.33. The minimum absolute atomic E-state index is 0.0485. The highest BCUT2D eigenvalue weighted by atomic mass is 32.2. The molecule has 2 aliphatic carbocycles. The molecular weight excluding hydrogens is 448 g/mol. The number of nitrogens with zero attached hydrogens (tertiary/aromatic N) is 2. The van der Waals surface area contributed by atoms with E-state index in [2.05, 4.69) is 15.3 Å². The first-order valence-electron chi connectivity index (χ1n) is 12.4. The van der Waals surface area contributed by atoms with Crippen LogP contribution in [0.25, 0.3) is 11.0 Å². The summed E-state index contributed by atoms with van der Waals surface area (Å²) in [5.74, 6) is 1.33. The number of aromatic amines is 1. The van der Waals surface area contributed by atoms with E-state index in [-0.39, 0.29) is 11.8 Å². The van der Waals surface area contributed by atoms with Crippen molar-refractivity contribution < 1.29 is 13.2 Å². The van der Waals surface area contributed by atoms with Gasteiger partial charge in [0.1, 0.15) is 5.82 Å². The third-order valence-electron chi connectivity index (χ3n) is 7.79. The van der Waals surface area contributed by atoms with Gasteiger partial charge in [-0.15, -0.1) is 0 Å². The van der Waals surface area contributed by atoms with Crippen LogP contribution in [0, 0.1) is 5.92 Å². The van der Waals surface area contributed by atoms with Gasteiger partial charge in [0.25, 0.3) is 0 Å². The molecule has 6 rings (SSSR count). The first-order chi connectivity index (χ1) is 16.5. The highest BCUT2D eigenvalue weighted by Crippen LogP contribution is 2.36. The second kappa shape index (κ2) is 8.50. The Labute approximate surface area is 200 Å². The van der Waals surface area contributed by atoms with Crippen LogP contribution in [0.15, 0.2) is 41.3 Å². The molecule has 1 amide bonds. The Kier molecular flexibility index (Phi) is 5.45. The number of hydrogen-bond acceptors (Lipinski definition) is 4. The zero-order valence-electron chi connectivity index (χ0n) is 19.2. The van der Waals surface area contributed by atoms with Crippen molar-refractivity contribution in [1.82, 2.24) is 14.3 Å². The summed E-state index contributed by atoms with van der Waals surface area (Å²) < 4.78 is 27.9. The van der Waals surface area contributed by atoms with Crippen molar-refractivity contribution in [1.29, 1.82) is 0 Å². The molecule has 3 aliphatic rings. The largest absolute Gasteiger partial charge is 0.342 e. The summed E-state index contributed by atoms with van der Waals surface area (Å²) in [5, 5.41) is 3.03. The Balaban J connectivity index is 1.09. The average Bonchev–Trinajstić information content (AvgIpc) is 3.43. The molecule has 1 saturated heterocycles. The molecule has 1 aliphatic heterocycles. The molecule has 0 spiro atoms. The van der Waals surface area contributed by atoms with Crippen LogP contribution in [0.3, 0.4) is 0 Å². The Bertz CT molecular complexity index is 1350. The van der Waals surface area contributed by atoms with E-state index < -0.39 is 10.0 Å². The number of benzene rings is 2. The molecule has 1 saturated carbocycles. The number of piperidine rings is 1. The number of anilines is 1. The number of aromatic nitrogens is 2. The maximum Gasteiger partial charge on any atom is 0.243 e. The summed E-state index contributed by atoms with van der Waals surface area (Å²) in [6, 6.07) is 11.3. The molecule has 0 atom stereocenters. The molecule has 178 valence electrons. The Morgan fingerprint density at radius 1 is 0.971 bits per heavy atom. The van der Waals surface area contributed by atoms with Gasteiger partial charge in [0.2, 0.25) is 15.9 Å². The number of hydrogen-bond donors (Lipinski definition) is 2. The summed E-state index contributed by atoms with van der Waals surface area (Å²) in [6.45, 7) is 0.726. The SMILES string of the molecule is O=C(Nc1ccc2nc(C3CCC3)[nH]c2c1)C1CCN(S(=O)(=O)c2ccc3c(c2)CCC3)CC1.